The van der Waals surface area contributed by atoms with Crippen LogP contribution in [0.2, 0.25) is 5.02 Å². The molecule has 0 radical (unpaired) electrons. The SMILES string of the molecule is CNCCNc1nc(OC)ncc1Cl. The van der Waals surface area contributed by atoms with Gasteiger partial charge < -0.3 is 15.4 Å². The Morgan fingerprint density at radius 3 is 2.93 bits per heavy atom. The van der Waals surface area contributed by atoms with Gasteiger partial charge in [-0.15, -0.1) is 0 Å². The van der Waals surface area contributed by atoms with Crippen LogP contribution in [0.5, 0.6) is 6.01 Å². The molecule has 0 aliphatic carbocycles. The minimum absolute atomic E-state index is 0.307. The highest BCUT2D eigenvalue weighted by atomic mass is 35.5. The van der Waals surface area contributed by atoms with Crippen LogP contribution in [0.4, 0.5) is 5.82 Å². The molecule has 0 unspecified atom stereocenters. The lowest BCUT2D eigenvalue weighted by molar-refractivity contribution is 0.380. The Labute approximate surface area is 87.8 Å². The van der Waals surface area contributed by atoms with Gasteiger partial charge in [-0.25, -0.2) is 4.98 Å². The van der Waals surface area contributed by atoms with E-state index in [1.165, 1.54) is 13.3 Å². The number of aromatic nitrogens is 2. The molecule has 0 bridgehead atoms. The first kappa shape index (κ1) is 11.0. The molecule has 0 aromatic carbocycles. The van der Waals surface area contributed by atoms with E-state index in [-0.39, 0.29) is 0 Å². The van der Waals surface area contributed by atoms with Crippen molar-refractivity contribution in [2.45, 2.75) is 0 Å². The van der Waals surface area contributed by atoms with Gasteiger partial charge in [0, 0.05) is 13.1 Å². The van der Waals surface area contributed by atoms with Gasteiger partial charge in [0.2, 0.25) is 0 Å². The van der Waals surface area contributed by atoms with E-state index in [0.717, 1.165) is 13.1 Å². The molecule has 0 aliphatic heterocycles. The van der Waals surface area contributed by atoms with Crippen LogP contribution in [0, 0.1) is 0 Å². The molecule has 0 spiro atoms. The molecule has 0 fully saturated rings. The number of hydrogen-bond donors (Lipinski definition) is 2. The van der Waals surface area contributed by atoms with Gasteiger partial charge in [0.05, 0.1) is 13.3 Å². The van der Waals surface area contributed by atoms with Crippen LogP contribution < -0.4 is 15.4 Å². The van der Waals surface area contributed by atoms with Gasteiger partial charge >= 0.3 is 6.01 Å². The monoisotopic (exact) mass is 216 g/mol. The molecule has 5 nitrogen and oxygen atoms in total. The molecule has 6 heteroatoms. The lowest BCUT2D eigenvalue weighted by Gasteiger charge is -2.07. The van der Waals surface area contributed by atoms with Crippen LogP contribution in [0.1, 0.15) is 0 Å². The summed E-state index contributed by atoms with van der Waals surface area (Å²) in [5.74, 6) is 0.591. The van der Waals surface area contributed by atoms with E-state index < -0.39 is 0 Å². The van der Waals surface area contributed by atoms with Crippen molar-refractivity contribution in [1.29, 1.82) is 0 Å². The Balaban J connectivity index is 2.64. The number of ether oxygens (including phenoxy) is 1. The number of nitrogens with one attached hydrogen (secondary N) is 2. The summed E-state index contributed by atoms with van der Waals surface area (Å²) in [7, 11) is 3.39. The zero-order valence-electron chi connectivity index (χ0n) is 8.17. The van der Waals surface area contributed by atoms with E-state index in [4.69, 9.17) is 16.3 Å². The molecule has 2 N–H and O–H groups in total. The minimum Gasteiger partial charge on any atom is -0.467 e. The second-order valence-electron chi connectivity index (χ2n) is 2.58. The second-order valence-corrected chi connectivity index (χ2v) is 2.99. The molecule has 1 rings (SSSR count). The average molecular weight is 217 g/mol. The third-order valence-electron chi connectivity index (χ3n) is 1.57. The molecule has 0 amide bonds. The van der Waals surface area contributed by atoms with E-state index in [0.29, 0.717) is 16.9 Å². The first-order chi connectivity index (χ1) is 6.77. The maximum Gasteiger partial charge on any atom is 0.318 e. The van der Waals surface area contributed by atoms with Crippen molar-refractivity contribution in [2.75, 3.05) is 32.6 Å². The zero-order valence-corrected chi connectivity index (χ0v) is 8.93. The van der Waals surface area contributed by atoms with Crippen molar-refractivity contribution < 1.29 is 4.74 Å². The number of rotatable bonds is 5. The summed E-state index contributed by atoms with van der Waals surface area (Å²) in [5, 5.41) is 6.56. The fourth-order valence-electron chi connectivity index (χ4n) is 0.879. The Morgan fingerprint density at radius 2 is 2.29 bits per heavy atom. The zero-order chi connectivity index (χ0) is 10.4. The maximum atomic E-state index is 5.87. The summed E-state index contributed by atoms with van der Waals surface area (Å²) in [6, 6.07) is 0.307. The molecule has 1 aromatic heterocycles. The van der Waals surface area contributed by atoms with Gasteiger partial charge in [-0.2, -0.15) is 4.98 Å². The molecule has 0 aliphatic rings. The first-order valence-corrected chi connectivity index (χ1v) is 4.60. The topological polar surface area (TPSA) is 59.1 Å². The molecular weight excluding hydrogens is 204 g/mol. The number of hydrogen-bond acceptors (Lipinski definition) is 5. The number of likely N-dealkylation sites (N-methyl/N-ethyl adjacent to an activating group) is 1. The Hall–Kier alpha value is -1.07. The Morgan fingerprint density at radius 1 is 1.50 bits per heavy atom. The molecule has 0 saturated heterocycles. The van der Waals surface area contributed by atoms with Gasteiger partial charge in [-0.1, -0.05) is 11.6 Å². The Bertz CT molecular complexity index is 295. The summed E-state index contributed by atoms with van der Waals surface area (Å²) in [6.45, 7) is 1.58. The highest BCUT2D eigenvalue weighted by Crippen LogP contribution is 2.19. The van der Waals surface area contributed by atoms with Crippen molar-refractivity contribution in [2.24, 2.45) is 0 Å². The fraction of sp³-hybridized carbons (Fsp3) is 0.500. The summed E-state index contributed by atoms with van der Waals surface area (Å²) < 4.78 is 4.88. The van der Waals surface area contributed by atoms with Crippen LogP contribution in [0.25, 0.3) is 0 Å². The van der Waals surface area contributed by atoms with Crippen LogP contribution in [-0.4, -0.2) is 37.2 Å². The lowest BCUT2D eigenvalue weighted by Crippen LogP contribution is -2.18. The lowest BCUT2D eigenvalue weighted by atomic mass is 10.5. The second kappa shape index (κ2) is 5.62. The van der Waals surface area contributed by atoms with E-state index >= 15 is 0 Å². The van der Waals surface area contributed by atoms with Crippen LogP contribution in [0.15, 0.2) is 6.20 Å². The standard InChI is InChI=1S/C8H13ClN4O/c1-10-3-4-11-7-6(9)5-12-8(13-7)14-2/h5,10H,3-4H2,1-2H3,(H,11,12,13). The molecular formula is C8H13ClN4O. The molecule has 0 atom stereocenters. The third-order valence-corrected chi connectivity index (χ3v) is 1.85. The van der Waals surface area contributed by atoms with Gasteiger partial charge in [0.25, 0.3) is 0 Å². The third kappa shape index (κ3) is 3.01. The number of halogens is 1. The Kier molecular flexibility index (Phi) is 4.42. The quantitative estimate of drug-likeness (QED) is 0.712. The normalized spacial score (nSPS) is 9.93. The van der Waals surface area contributed by atoms with Crippen molar-refractivity contribution >= 4 is 17.4 Å². The van der Waals surface area contributed by atoms with E-state index in [9.17, 15) is 0 Å². The smallest absolute Gasteiger partial charge is 0.318 e. The molecule has 14 heavy (non-hydrogen) atoms. The molecule has 1 heterocycles. The summed E-state index contributed by atoms with van der Waals surface area (Å²) in [6.07, 6.45) is 1.51. The maximum absolute atomic E-state index is 5.87. The number of anilines is 1. The minimum atomic E-state index is 0.307. The fourth-order valence-corrected chi connectivity index (χ4v) is 1.04. The largest absolute Gasteiger partial charge is 0.467 e. The summed E-state index contributed by atoms with van der Waals surface area (Å²) >= 11 is 5.87. The van der Waals surface area contributed by atoms with E-state index in [1.807, 2.05) is 7.05 Å². The van der Waals surface area contributed by atoms with E-state index in [1.54, 1.807) is 0 Å². The number of nitrogens with zero attached hydrogens (tertiary/aromatic N) is 2. The first-order valence-electron chi connectivity index (χ1n) is 4.23. The van der Waals surface area contributed by atoms with Crippen molar-refractivity contribution in [3.8, 4) is 6.01 Å². The van der Waals surface area contributed by atoms with E-state index in [2.05, 4.69) is 20.6 Å². The van der Waals surface area contributed by atoms with Gasteiger partial charge in [-0.3, -0.25) is 0 Å². The van der Waals surface area contributed by atoms with Crippen molar-refractivity contribution in [3.05, 3.63) is 11.2 Å². The van der Waals surface area contributed by atoms with Crippen LogP contribution in [-0.2, 0) is 0 Å². The number of methoxy groups -OCH3 is 1. The summed E-state index contributed by atoms with van der Waals surface area (Å²) in [5.41, 5.74) is 0. The van der Waals surface area contributed by atoms with Crippen LogP contribution >= 0.6 is 11.6 Å². The summed E-state index contributed by atoms with van der Waals surface area (Å²) in [4.78, 5) is 7.92. The van der Waals surface area contributed by atoms with Crippen molar-refractivity contribution in [3.63, 3.8) is 0 Å². The highest BCUT2D eigenvalue weighted by Gasteiger charge is 2.03. The van der Waals surface area contributed by atoms with Gasteiger partial charge in [-0.05, 0) is 7.05 Å². The van der Waals surface area contributed by atoms with Gasteiger partial charge in [0.1, 0.15) is 5.02 Å². The van der Waals surface area contributed by atoms with Crippen LogP contribution in [0.3, 0.4) is 0 Å². The van der Waals surface area contributed by atoms with Gasteiger partial charge in [0.15, 0.2) is 5.82 Å². The molecule has 1 aromatic rings. The molecule has 0 saturated carbocycles. The highest BCUT2D eigenvalue weighted by molar-refractivity contribution is 6.32. The predicted octanol–water partition coefficient (Wildman–Crippen LogP) is 0.770. The average Bonchev–Trinajstić information content (AvgIpc) is 2.21. The molecule has 78 valence electrons. The predicted molar refractivity (Wildman–Crippen MR) is 56.0 cm³/mol. The van der Waals surface area contributed by atoms with Crippen molar-refractivity contribution in [1.82, 2.24) is 15.3 Å².